The van der Waals surface area contributed by atoms with Crippen LogP contribution in [0.15, 0.2) is 5.16 Å². The van der Waals surface area contributed by atoms with Crippen molar-refractivity contribution >= 4 is 11.8 Å². The highest BCUT2D eigenvalue weighted by atomic mass is 32.2. The Morgan fingerprint density at radius 3 is 2.33 bits per heavy atom. The number of halogens is 3. The lowest BCUT2D eigenvalue weighted by atomic mass is 10.7. The molecule has 0 aliphatic heterocycles. The number of nitrogens with zero attached hydrogens (tertiary/aromatic N) is 3. The molecule has 3 nitrogen and oxygen atoms in total. The molecule has 1 aromatic rings. The number of thioether (sulfide) groups is 1. The summed E-state index contributed by atoms with van der Waals surface area (Å²) in [6, 6.07) is 0. The summed E-state index contributed by atoms with van der Waals surface area (Å²) in [6.45, 7) is 1.59. The number of rotatable bonds is 1. The van der Waals surface area contributed by atoms with Crippen LogP contribution in [0.25, 0.3) is 0 Å². The number of aromatic nitrogens is 3. The second-order valence-corrected chi connectivity index (χ2v) is 3.15. The Kier molecular flexibility index (Phi) is 2.31. The number of hydrogen-bond acceptors (Lipinski definition) is 3. The third-order valence-electron chi connectivity index (χ3n) is 1.17. The van der Waals surface area contributed by atoms with Crippen LogP contribution in [0.5, 0.6) is 0 Å². The average molecular weight is 197 g/mol. The van der Waals surface area contributed by atoms with Crippen molar-refractivity contribution in [2.24, 2.45) is 7.05 Å². The molecule has 0 saturated heterocycles. The van der Waals surface area contributed by atoms with E-state index in [-0.39, 0.29) is 16.9 Å². The van der Waals surface area contributed by atoms with Gasteiger partial charge < -0.3 is 0 Å². The Bertz CT molecular complexity index is 260. The molecule has 68 valence electrons. The summed E-state index contributed by atoms with van der Waals surface area (Å²) >= 11 is -0.307. The van der Waals surface area contributed by atoms with E-state index in [4.69, 9.17) is 0 Å². The fourth-order valence-corrected chi connectivity index (χ4v) is 1.13. The van der Waals surface area contributed by atoms with Gasteiger partial charge in [0.05, 0.1) is 0 Å². The zero-order valence-corrected chi connectivity index (χ0v) is 7.20. The standard InChI is InChI=1S/C5H6F3N3S/c1-3-9-4(10-11(3)2)12-5(6,7)8/h1-2H3. The Morgan fingerprint density at radius 2 is 2.00 bits per heavy atom. The molecule has 0 aliphatic carbocycles. The average Bonchev–Trinajstić information content (AvgIpc) is 2.07. The molecule has 0 bridgehead atoms. The normalized spacial score (nSPS) is 12.1. The molecule has 0 N–H and O–H groups in total. The quantitative estimate of drug-likeness (QED) is 0.642. The molecule has 7 heteroatoms. The smallest absolute Gasteiger partial charge is 0.252 e. The minimum atomic E-state index is -4.31. The molecule has 1 heterocycles. The maximum Gasteiger partial charge on any atom is 0.449 e. The minimum absolute atomic E-state index is 0.262. The van der Waals surface area contributed by atoms with E-state index in [9.17, 15) is 13.2 Å². The van der Waals surface area contributed by atoms with Gasteiger partial charge in [-0.05, 0) is 6.92 Å². The summed E-state index contributed by atoms with van der Waals surface area (Å²) < 4.78 is 36.6. The Hall–Kier alpha value is -0.720. The third-order valence-corrected chi connectivity index (χ3v) is 1.76. The summed E-state index contributed by atoms with van der Waals surface area (Å²) in [7, 11) is 1.54. The predicted octanol–water partition coefficient (Wildman–Crippen LogP) is 1.74. The minimum Gasteiger partial charge on any atom is -0.252 e. The molecule has 0 atom stereocenters. The van der Waals surface area contributed by atoms with E-state index in [0.717, 1.165) is 0 Å². The number of alkyl halides is 3. The van der Waals surface area contributed by atoms with Crippen LogP contribution in [-0.4, -0.2) is 20.3 Å². The number of aryl methyl sites for hydroxylation is 2. The van der Waals surface area contributed by atoms with Gasteiger partial charge in [-0.1, -0.05) is 0 Å². The van der Waals surface area contributed by atoms with Crippen LogP contribution in [0.1, 0.15) is 5.82 Å². The van der Waals surface area contributed by atoms with Gasteiger partial charge in [-0.15, -0.1) is 5.10 Å². The molecular weight excluding hydrogens is 191 g/mol. The monoisotopic (exact) mass is 197 g/mol. The fourth-order valence-electron chi connectivity index (χ4n) is 0.581. The molecule has 0 fully saturated rings. The van der Waals surface area contributed by atoms with E-state index < -0.39 is 5.51 Å². The van der Waals surface area contributed by atoms with Gasteiger partial charge >= 0.3 is 5.51 Å². The summed E-state index contributed by atoms with van der Waals surface area (Å²) in [5.41, 5.74) is -4.31. The van der Waals surface area contributed by atoms with Gasteiger partial charge in [0.2, 0.25) is 5.16 Å². The summed E-state index contributed by atoms with van der Waals surface area (Å²) in [5, 5.41) is 3.28. The van der Waals surface area contributed by atoms with Gasteiger partial charge in [0.15, 0.2) is 0 Å². The third kappa shape index (κ3) is 2.40. The maximum atomic E-state index is 11.8. The molecule has 12 heavy (non-hydrogen) atoms. The van der Waals surface area contributed by atoms with E-state index >= 15 is 0 Å². The first-order valence-corrected chi connectivity index (χ1v) is 3.83. The van der Waals surface area contributed by atoms with Crippen LogP contribution in [0.3, 0.4) is 0 Å². The van der Waals surface area contributed by atoms with Crippen molar-refractivity contribution < 1.29 is 13.2 Å². The van der Waals surface area contributed by atoms with Crippen LogP contribution >= 0.6 is 11.8 Å². The van der Waals surface area contributed by atoms with E-state index in [0.29, 0.717) is 5.82 Å². The molecule has 0 unspecified atom stereocenters. The zero-order chi connectivity index (χ0) is 9.35. The SMILES string of the molecule is Cc1nc(SC(F)(F)F)nn1C. The van der Waals surface area contributed by atoms with E-state index in [1.54, 1.807) is 14.0 Å². The summed E-state index contributed by atoms with van der Waals surface area (Å²) in [4.78, 5) is 3.59. The highest BCUT2D eigenvalue weighted by Gasteiger charge is 2.31. The summed E-state index contributed by atoms with van der Waals surface area (Å²) in [6.07, 6.45) is 0. The molecule has 0 aliphatic rings. The molecule has 0 saturated carbocycles. The van der Waals surface area contributed by atoms with Crippen molar-refractivity contribution in [1.29, 1.82) is 0 Å². The van der Waals surface area contributed by atoms with Crippen molar-refractivity contribution in [2.75, 3.05) is 0 Å². The van der Waals surface area contributed by atoms with Gasteiger partial charge in [0, 0.05) is 18.8 Å². The molecule has 1 aromatic heterocycles. The van der Waals surface area contributed by atoms with E-state index in [2.05, 4.69) is 10.1 Å². The Labute approximate surface area is 71.0 Å². The predicted molar refractivity (Wildman–Crippen MR) is 37.7 cm³/mol. The molecule has 1 rings (SSSR count). The van der Waals surface area contributed by atoms with Crippen LogP contribution in [-0.2, 0) is 7.05 Å². The Balaban J connectivity index is 2.77. The first kappa shape index (κ1) is 9.37. The molecule has 0 radical (unpaired) electrons. The van der Waals surface area contributed by atoms with E-state index in [1.807, 2.05) is 0 Å². The van der Waals surface area contributed by atoms with Gasteiger partial charge in [0.1, 0.15) is 5.82 Å². The van der Waals surface area contributed by atoms with Crippen LogP contribution in [0.4, 0.5) is 13.2 Å². The van der Waals surface area contributed by atoms with Gasteiger partial charge in [0.25, 0.3) is 0 Å². The second kappa shape index (κ2) is 2.96. The van der Waals surface area contributed by atoms with Crippen molar-refractivity contribution in [3.05, 3.63) is 5.82 Å². The lowest BCUT2D eigenvalue weighted by Gasteiger charge is -1.99. The van der Waals surface area contributed by atoms with E-state index in [1.165, 1.54) is 4.68 Å². The van der Waals surface area contributed by atoms with Crippen molar-refractivity contribution in [3.63, 3.8) is 0 Å². The highest BCUT2D eigenvalue weighted by Crippen LogP contribution is 2.34. The molecule has 0 spiro atoms. The van der Waals surface area contributed by atoms with Crippen LogP contribution in [0, 0.1) is 6.92 Å². The fraction of sp³-hybridized carbons (Fsp3) is 0.600. The first-order valence-electron chi connectivity index (χ1n) is 3.02. The second-order valence-electron chi connectivity index (χ2n) is 2.11. The van der Waals surface area contributed by atoms with Crippen molar-refractivity contribution in [1.82, 2.24) is 14.8 Å². The topological polar surface area (TPSA) is 30.7 Å². The lowest BCUT2D eigenvalue weighted by Crippen LogP contribution is -2.00. The highest BCUT2D eigenvalue weighted by molar-refractivity contribution is 8.00. The molecular formula is C5H6F3N3S. The van der Waals surface area contributed by atoms with Crippen LogP contribution in [0.2, 0.25) is 0 Å². The Morgan fingerprint density at radius 1 is 1.42 bits per heavy atom. The number of hydrogen-bond donors (Lipinski definition) is 0. The molecule has 0 amide bonds. The largest absolute Gasteiger partial charge is 0.449 e. The van der Waals surface area contributed by atoms with Crippen LogP contribution < -0.4 is 0 Å². The first-order chi connectivity index (χ1) is 5.38. The summed E-state index contributed by atoms with van der Waals surface area (Å²) in [5.74, 6) is 0.460. The zero-order valence-electron chi connectivity index (χ0n) is 6.38. The maximum absolute atomic E-state index is 11.8. The van der Waals surface area contributed by atoms with Gasteiger partial charge in [-0.25, -0.2) is 4.98 Å². The van der Waals surface area contributed by atoms with Gasteiger partial charge in [-0.2, -0.15) is 13.2 Å². The van der Waals surface area contributed by atoms with Crippen molar-refractivity contribution in [3.8, 4) is 0 Å². The van der Waals surface area contributed by atoms with Gasteiger partial charge in [-0.3, -0.25) is 4.68 Å². The molecule has 0 aromatic carbocycles. The lowest BCUT2D eigenvalue weighted by molar-refractivity contribution is -0.0330. The van der Waals surface area contributed by atoms with Crippen molar-refractivity contribution in [2.45, 2.75) is 17.6 Å².